The van der Waals surface area contributed by atoms with Gasteiger partial charge in [0.15, 0.2) is 5.76 Å². The molecule has 3 heterocycles. The summed E-state index contributed by atoms with van der Waals surface area (Å²) < 4.78 is 7.39. The van der Waals surface area contributed by atoms with Gasteiger partial charge in [-0.25, -0.2) is 0 Å². The number of rotatable bonds is 3. The van der Waals surface area contributed by atoms with Crippen molar-refractivity contribution >= 4 is 5.91 Å². The van der Waals surface area contributed by atoms with E-state index in [2.05, 4.69) is 10.1 Å². The number of hydrogen-bond acceptors (Lipinski definition) is 4. The Morgan fingerprint density at radius 1 is 1.25 bits per heavy atom. The molecular formula is C18H24N4O2. The molecule has 2 aliphatic rings. The first-order chi connectivity index (χ1) is 11.6. The van der Waals surface area contributed by atoms with Crippen LogP contribution in [0.2, 0.25) is 0 Å². The predicted molar refractivity (Wildman–Crippen MR) is 89.2 cm³/mol. The number of carbonyl (C=O) groups is 1. The number of aromatic nitrogens is 3. The van der Waals surface area contributed by atoms with Crippen molar-refractivity contribution in [1.29, 1.82) is 0 Å². The zero-order valence-electron chi connectivity index (χ0n) is 14.6. The first-order valence-corrected chi connectivity index (χ1v) is 8.83. The first-order valence-electron chi connectivity index (χ1n) is 8.83. The molecule has 0 aromatic carbocycles. The lowest BCUT2D eigenvalue weighted by atomic mass is 9.95. The largest absolute Gasteiger partial charge is 0.356 e. The van der Waals surface area contributed by atoms with E-state index in [-0.39, 0.29) is 12.0 Å². The van der Waals surface area contributed by atoms with Crippen molar-refractivity contribution in [3.05, 3.63) is 23.1 Å². The lowest BCUT2D eigenvalue weighted by Crippen LogP contribution is -2.39. The summed E-state index contributed by atoms with van der Waals surface area (Å²) in [5, 5.41) is 8.80. The van der Waals surface area contributed by atoms with Gasteiger partial charge < -0.3 is 9.42 Å². The van der Waals surface area contributed by atoms with Crippen LogP contribution in [-0.4, -0.2) is 32.3 Å². The maximum atomic E-state index is 12.7. The second kappa shape index (κ2) is 5.76. The monoisotopic (exact) mass is 328 g/mol. The molecule has 0 bridgehead atoms. The molecule has 2 aromatic heterocycles. The third-order valence-electron chi connectivity index (χ3n) is 5.29. The summed E-state index contributed by atoms with van der Waals surface area (Å²) in [6.45, 7) is 4.80. The molecule has 6 nitrogen and oxygen atoms in total. The van der Waals surface area contributed by atoms with Gasteiger partial charge in [-0.2, -0.15) is 5.10 Å². The number of likely N-dealkylation sites (tertiary alicyclic amines) is 1. The van der Waals surface area contributed by atoms with Crippen LogP contribution in [0, 0.1) is 19.8 Å². The summed E-state index contributed by atoms with van der Waals surface area (Å²) in [4.78, 5) is 14.8. The smallest absolute Gasteiger partial charge is 0.226 e. The van der Waals surface area contributed by atoms with E-state index in [4.69, 9.17) is 9.62 Å². The minimum absolute atomic E-state index is 0.0489. The van der Waals surface area contributed by atoms with Crippen LogP contribution in [0.5, 0.6) is 0 Å². The van der Waals surface area contributed by atoms with Gasteiger partial charge >= 0.3 is 0 Å². The molecule has 1 aliphatic carbocycles. The van der Waals surface area contributed by atoms with Crippen molar-refractivity contribution in [3.8, 4) is 11.3 Å². The standard InChI is InChI=1S/C18H24N4O2/c1-11-12(2)20-24-17(11)14-10-21(3)19-16(14)15-6-4-5-9-22(15)18(23)13-7-8-13/h10,13,15H,4-9H2,1-3H3. The molecule has 6 heteroatoms. The highest BCUT2D eigenvalue weighted by atomic mass is 16.5. The van der Waals surface area contributed by atoms with Crippen molar-refractivity contribution in [2.24, 2.45) is 13.0 Å². The Kier molecular flexibility index (Phi) is 3.70. The van der Waals surface area contributed by atoms with Gasteiger partial charge in [-0.1, -0.05) is 5.16 Å². The van der Waals surface area contributed by atoms with Gasteiger partial charge in [0.2, 0.25) is 5.91 Å². The number of carbonyl (C=O) groups excluding carboxylic acids is 1. The lowest BCUT2D eigenvalue weighted by molar-refractivity contribution is -0.136. The van der Waals surface area contributed by atoms with Crippen molar-refractivity contribution in [1.82, 2.24) is 19.8 Å². The fourth-order valence-corrected chi connectivity index (χ4v) is 3.64. The van der Waals surface area contributed by atoms with Crippen LogP contribution >= 0.6 is 0 Å². The Morgan fingerprint density at radius 2 is 2.04 bits per heavy atom. The molecule has 0 radical (unpaired) electrons. The molecule has 1 aliphatic heterocycles. The minimum atomic E-state index is 0.0489. The second-order valence-corrected chi connectivity index (χ2v) is 7.14. The Bertz CT molecular complexity index is 772. The van der Waals surface area contributed by atoms with Gasteiger partial charge in [-0.05, 0) is 46.0 Å². The van der Waals surface area contributed by atoms with Gasteiger partial charge in [0, 0.05) is 31.3 Å². The Labute approximate surface area is 141 Å². The normalized spacial score (nSPS) is 21.3. The summed E-state index contributed by atoms with van der Waals surface area (Å²) in [6, 6.07) is 0.0489. The van der Waals surface area contributed by atoms with Gasteiger partial charge in [0.05, 0.1) is 23.0 Å². The van der Waals surface area contributed by atoms with Gasteiger partial charge in [0.25, 0.3) is 0 Å². The number of aryl methyl sites for hydroxylation is 2. The maximum absolute atomic E-state index is 12.7. The number of piperidine rings is 1. The topological polar surface area (TPSA) is 64.2 Å². The van der Waals surface area contributed by atoms with E-state index in [0.29, 0.717) is 5.91 Å². The summed E-state index contributed by atoms with van der Waals surface area (Å²) in [7, 11) is 1.92. The van der Waals surface area contributed by atoms with Crippen LogP contribution in [0.1, 0.15) is 55.1 Å². The number of amides is 1. The molecule has 1 atom stereocenters. The van der Waals surface area contributed by atoms with Crippen LogP contribution in [0.3, 0.4) is 0 Å². The van der Waals surface area contributed by atoms with E-state index >= 15 is 0 Å². The molecular weight excluding hydrogens is 304 g/mol. The van der Waals surface area contributed by atoms with Gasteiger partial charge in [-0.3, -0.25) is 9.48 Å². The fourth-order valence-electron chi connectivity index (χ4n) is 3.64. The third kappa shape index (κ3) is 2.54. The summed E-state index contributed by atoms with van der Waals surface area (Å²) in [5.41, 5.74) is 3.86. The van der Waals surface area contributed by atoms with Crippen LogP contribution in [0.25, 0.3) is 11.3 Å². The highest BCUT2D eigenvalue weighted by molar-refractivity contribution is 5.82. The Hall–Kier alpha value is -2.11. The predicted octanol–water partition coefficient (Wildman–Crippen LogP) is 3.16. The molecule has 0 N–H and O–H groups in total. The molecule has 2 fully saturated rings. The molecule has 2 aromatic rings. The average Bonchev–Trinajstić information content (AvgIpc) is 3.29. The molecule has 1 saturated heterocycles. The zero-order chi connectivity index (χ0) is 16.8. The van der Waals surface area contributed by atoms with E-state index in [0.717, 1.165) is 66.9 Å². The van der Waals surface area contributed by atoms with Crippen molar-refractivity contribution < 1.29 is 9.32 Å². The fraction of sp³-hybridized carbons (Fsp3) is 0.611. The summed E-state index contributed by atoms with van der Waals surface area (Å²) in [5.74, 6) is 1.33. The van der Waals surface area contributed by atoms with Gasteiger partial charge in [0.1, 0.15) is 0 Å². The SMILES string of the molecule is Cc1noc(-c2cn(C)nc2C2CCCCN2C(=O)C2CC2)c1C. The third-order valence-corrected chi connectivity index (χ3v) is 5.29. The maximum Gasteiger partial charge on any atom is 0.226 e. The van der Waals surface area contributed by atoms with E-state index < -0.39 is 0 Å². The van der Waals surface area contributed by atoms with Gasteiger partial charge in [-0.15, -0.1) is 0 Å². The van der Waals surface area contributed by atoms with E-state index in [1.54, 1.807) is 0 Å². The summed E-state index contributed by atoms with van der Waals surface area (Å²) >= 11 is 0. The summed E-state index contributed by atoms with van der Waals surface area (Å²) in [6.07, 6.45) is 7.24. The molecule has 4 rings (SSSR count). The average molecular weight is 328 g/mol. The van der Waals surface area contributed by atoms with Crippen molar-refractivity contribution in [2.75, 3.05) is 6.54 Å². The quantitative estimate of drug-likeness (QED) is 0.868. The minimum Gasteiger partial charge on any atom is -0.356 e. The number of nitrogens with zero attached hydrogens (tertiary/aromatic N) is 4. The Balaban J connectivity index is 1.74. The van der Waals surface area contributed by atoms with Crippen molar-refractivity contribution in [3.63, 3.8) is 0 Å². The molecule has 0 spiro atoms. The van der Waals surface area contributed by atoms with Crippen molar-refractivity contribution in [2.45, 2.75) is 52.0 Å². The number of hydrogen-bond donors (Lipinski definition) is 0. The van der Waals surface area contributed by atoms with E-state index in [9.17, 15) is 4.79 Å². The second-order valence-electron chi connectivity index (χ2n) is 7.14. The van der Waals surface area contributed by atoms with Crippen LogP contribution in [0.15, 0.2) is 10.7 Å². The molecule has 1 amide bonds. The highest BCUT2D eigenvalue weighted by Crippen LogP contribution is 2.40. The zero-order valence-corrected chi connectivity index (χ0v) is 14.6. The van der Waals surface area contributed by atoms with Crippen LogP contribution < -0.4 is 0 Å². The molecule has 128 valence electrons. The highest BCUT2D eigenvalue weighted by Gasteiger charge is 2.39. The lowest BCUT2D eigenvalue weighted by Gasteiger charge is -2.35. The van der Waals surface area contributed by atoms with Crippen LogP contribution in [-0.2, 0) is 11.8 Å². The molecule has 1 saturated carbocycles. The Morgan fingerprint density at radius 3 is 2.71 bits per heavy atom. The molecule has 1 unspecified atom stereocenters. The first kappa shape index (κ1) is 15.4. The molecule has 24 heavy (non-hydrogen) atoms. The van der Waals surface area contributed by atoms with E-state index in [1.165, 1.54) is 0 Å². The van der Waals surface area contributed by atoms with E-state index in [1.807, 2.05) is 31.8 Å². The van der Waals surface area contributed by atoms with Crippen LogP contribution in [0.4, 0.5) is 0 Å².